The molecule has 1 aliphatic heterocycles. The molecule has 1 N–H and O–H groups in total. The Balaban J connectivity index is 1.60. The van der Waals surface area contributed by atoms with Gasteiger partial charge in [-0.05, 0) is 31.9 Å². The Kier molecular flexibility index (Phi) is 4.33. The summed E-state index contributed by atoms with van der Waals surface area (Å²) >= 11 is 6.25. The van der Waals surface area contributed by atoms with E-state index in [1.165, 1.54) is 0 Å². The number of aromatic nitrogens is 5. The summed E-state index contributed by atoms with van der Waals surface area (Å²) in [6, 6.07) is 9.98. The fraction of sp³-hybridized carbons (Fsp3) is 0.300. The Bertz CT molecular complexity index is 1170. The molecule has 0 aliphatic carbocycles. The van der Waals surface area contributed by atoms with Gasteiger partial charge in [0, 0.05) is 25.3 Å². The summed E-state index contributed by atoms with van der Waals surface area (Å²) in [7, 11) is 0. The second-order valence-corrected chi connectivity index (χ2v) is 7.34. The highest BCUT2D eigenvalue weighted by Crippen LogP contribution is 2.27. The molecule has 1 saturated heterocycles. The molecule has 0 unspecified atom stereocenters. The molecule has 1 aliphatic rings. The Morgan fingerprint density at radius 2 is 1.86 bits per heavy atom. The van der Waals surface area contributed by atoms with Crippen molar-refractivity contribution < 1.29 is 4.74 Å². The molecule has 0 amide bonds. The molecule has 4 aromatic rings. The maximum atomic E-state index is 6.25. The zero-order chi connectivity index (χ0) is 19.1. The van der Waals surface area contributed by atoms with Gasteiger partial charge in [-0.1, -0.05) is 23.7 Å². The van der Waals surface area contributed by atoms with Crippen molar-refractivity contribution in [1.82, 2.24) is 24.6 Å². The number of nitrogens with one attached hydrogen (secondary N) is 1. The summed E-state index contributed by atoms with van der Waals surface area (Å²) in [4.78, 5) is 14.2. The number of ether oxygens (including phenoxy) is 1. The third kappa shape index (κ3) is 3.16. The van der Waals surface area contributed by atoms with Crippen LogP contribution in [0.4, 0.5) is 5.69 Å². The number of para-hydroxylation sites is 2. The standard InChI is InChI=1S/C20H19ClN6O/c1-12-19(24-15-5-3-2-4-14(15)22-12)17-11-27-20(25-17)16(10-18(21)26-27)23-13-6-8-28-9-7-13/h2-5,10-11,13,23H,6-9H2,1H3. The molecule has 3 aromatic heterocycles. The van der Waals surface area contributed by atoms with Crippen molar-refractivity contribution in [3.8, 4) is 11.4 Å². The molecule has 1 fully saturated rings. The van der Waals surface area contributed by atoms with Crippen LogP contribution in [0.1, 0.15) is 18.5 Å². The quantitative estimate of drug-likeness (QED) is 0.568. The first kappa shape index (κ1) is 17.3. The van der Waals surface area contributed by atoms with Crippen LogP contribution in [0.25, 0.3) is 28.1 Å². The normalized spacial score (nSPS) is 15.4. The summed E-state index contributed by atoms with van der Waals surface area (Å²) in [5, 5.41) is 8.33. The van der Waals surface area contributed by atoms with E-state index >= 15 is 0 Å². The van der Waals surface area contributed by atoms with Crippen LogP contribution in [0.3, 0.4) is 0 Å². The molecule has 0 radical (unpaired) electrons. The predicted octanol–water partition coefficient (Wildman–Crippen LogP) is 3.89. The van der Waals surface area contributed by atoms with Gasteiger partial charge in [0.1, 0.15) is 11.4 Å². The van der Waals surface area contributed by atoms with E-state index in [9.17, 15) is 0 Å². The van der Waals surface area contributed by atoms with E-state index in [1.54, 1.807) is 4.52 Å². The first-order valence-corrected chi connectivity index (χ1v) is 9.69. The molecule has 0 saturated carbocycles. The van der Waals surface area contributed by atoms with E-state index in [1.807, 2.05) is 43.5 Å². The number of halogens is 1. The van der Waals surface area contributed by atoms with Crippen LogP contribution in [-0.4, -0.2) is 43.8 Å². The molecule has 0 atom stereocenters. The molecular formula is C20H19ClN6O. The molecule has 0 spiro atoms. The molecule has 8 heteroatoms. The number of nitrogens with zero attached hydrogens (tertiary/aromatic N) is 5. The maximum Gasteiger partial charge on any atom is 0.177 e. The van der Waals surface area contributed by atoms with E-state index in [0.29, 0.717) is 11.2 Å². The van der Waals surface area contributed by atoms with Crippen molar-refractivity contribution in [2.75, 3.05) is 18.5 Å². The van der Waals surface area contributed by atoms with Crippen LogP contribution in [0.15, 0.2) is 36.5 Å². The minimum absolute atomic E-state index is 0.332. The Labute approximate surface area is 166 Å². The van der Waals surface area contributed by atoms with E-state index in [-0.39, 0.29) is 0 Å². The average Bonchev–Trinajstić information content (AvgIpc) is 3.12. The van der Waals surface area contributed by atoms with Crippen molar-refractivity contribution in [2.24, 2.45) is 0 Å². The predicted molar refractivity (Wildman–Crippen MR) is 109 cm³/mol. The van der Waals surface area contributed by atoms with Crippen LogP contribution in [0.5, 0.6) is 0 Å². The molecule has 28 heavy (non-hydrogen) atoms. The van der Waals surface area contributed by atoms with Crippen molar-refractivity contribution >= 4 is 34.0 Å². The minimum Gasteiger partial charge on any atom is -0.381 e. The van der Waals surface area contributed by atoms with Crippen molar-refractivity contribution in [2.45, 2.75) is 25.8 Å². The second kappa shape index (κ2) is 7.00. The molecule has 142 valence electrons. The number of anilines is 1. The Morgan fingerprint density at radius 1 is 1.11 bits per heavy atom. The van der Waals surface area contributed by atoms with E-state index < -0.39 is 0 Å². The lowest BCUT2D eigenvalue weighted by molar-refractivity contribution is 0.0904. The molecule has 0 bridgehead atoms. The van der Waals surface area contributed by atoms with Gasteiger partial charge < -0.3 is 10.1 Å². The fourth-order valence-corrected chi connectivity index (χ4v) is 3.75. The number of imidazole rings is 1. The van der Waals surface area contributed by atoms with Crippen molar-refractivity contribution in [3.05, 3.63) is 47.4 Å². The van der Waals surface area contributed by atoms with Gasteiger partial charge in [0.2, 0.25) is 0 Å². The van der Waals surface area contributed by atoms with Gasteiger partial charge in [-0.25, -0.2) is 19.5 Å². The lowest BCUT2D eigenvalue weighted by Gasteiger charge is -2.24. The van der Waals surface area contributed by atoms with Crippen LogP contribution >= 0.6 is 11.6 Å². The first-order chi connectivity index (χ1) is 13.7. The van der Waals surface area contributed by atoms with Crippen molar-refractivity contribution in [1.29, 1.82) is 0 Å². The third-order valence-electron chi connectivity index (χ3n) is 4.96. The van der Waals surface area contributed by atoms with Gasteiger partial charge in [0.25, 0.3) is 0 Å². The summed E-state index contributed by atoms with van der Waals surface area (Å²) in [5.74, 6) is 0. The lowest BCUT2D eigenvalue weighted by Crippen LogP contribution is -2.28. The molecule has 5 rings (SSSR count). The molecule has 1 aromatic carbocycles. The number of hydrogen-bond acceptors (Lipinski definition) is 6. The van der Waals surface area contributed by atoms with Gasteiger partial charge in [-0.15, -0.1) is 0 Å². The Morgan fingerprint density at radius 3 is 2.64 bits per heavy atom. The summed E-state index contributed by atoms with van der Waals surface area (Å²) < 4.78 is 7.15. The second-order valence-electron chi connectivity index (χ2n) is 6.95. The van der Waals surface area contributed by atoms with Gasteiger partial charge in [-0.2, -0.15) is 5.10 Å². The van der Waals surface area contributed by atoms with Gasteiger partial charge in [0.15, 0.2) is 10.8 Å². The monoisotopic (exact) mass is 394 g/mol. The van der Waals surface area contributed by atoms with Crippen LogP contribution < -0.4 is 5.32 Å². The van der Waals surface area contributed by atoms with Crippen LogP contribution in [0.2, 0.25) is 5.15 Å². The average molecular weight is 395 g/mol. The van der Waals surface area contributed by atoms with Gasteiger partial charge >= 0.3 is 0 Å². The molecule has 7 nitrogen and oxygen atoms in total. The minimum atomic E-state index is 0.332. The van der Waals surface area contributed by atoms with Gasteiger partial charge in [0.05, 0.1) is 28.6 Å². The topological polar surface area (TPSA) is 77.2 Å². The zero-order valence-electron chi connectivity index (χ0n) is 15.4. The fourth-order valence-electron chi connectivity index (χ4n) is 3.56. The smallest absolute Gasteiger partial charge is 0.177 e. The third-order valence-corrected chi connectivity index (χ3v) is 5.15. The lowest BCUT2D eigenvalue weighted by atomic mass is 10.1. The largest absolute Gasteiger partial charge is 0.381 e. The van der Waals surface area contributed by atoms with Crippen LogP contribution in [-0.2, 0) is 4.74 Å². The van der Waals surface area contributed by atoms with E-state index in [4.69, 9.17) is 26.3 Å². The highest BCUT2D eigenvalue weighted by atomic mass is 35.5. The number of rotatable bonds is 3. The Hall–Kier alpha value is -2.77. The summed E-state index contributed by atoms with van der Waals surface area (Å²) in [5.41, 5.74) is 5.59. The highest BCUT2D eigenvalue weighted by molar-refractivity contribution is 6.29. The molecule has 4 heterocycles. The SMILES string of the molecule is Cc1nc2ccccc2nc1-c1cn2nc(Cl)cc(NC3CCOCC3)c2n1. The van der Waals surface area contributed by atoms with Crippen molar-refractivity contribution in [3.63, 3.8) is 0 Å². The summed E-state index contributed by atoms with van der Waals surface area (Å²) in [6.07, 6.45) is 3.76. The van der Waals surface area contributed by atoms with E-state index in [2.05, 4.69) is 15.4 Å². The summed E-state index contributed by atoms with van der Waals surface area (Å²) in [6.45, 7) is 3.47. The number of benzene rings is 1. The van der Waals surface area contributed by atoms with Gasteiger partial charge in [-0.3, -0.25) is 0 Å². The highest BCUT2D eigenvalue weighted by Gasteiger charge is 2.18. The maximum absolute atomic E-state index is 6.25. The number of hydrogen-bond donors (Lipinski definition) is 1. The molecular weight excluding hydrogens is 376 g/mol. The first-order valence-electron chi connectivity index (χ1n) is 9.31. The van der Waals surface area contributed by atoms with E-state index in [0.717, 1.165) is 65.5 Å². The number of fused-ring (bicyclic) bond motifs is 2. The number of aryl methyl sites for hydroxylation is 1. The van der Waals surface area contributed by atoms with Crippen LogP contribution in [0, 0.1) is 6.92 Å². The zero-order valence-corrected chi connectivity index (χ0v) is 16.1.